The normalized spacial score (nSPS) is 10.4. The van der Waals surface area contributed by atoms with Gasteiger partial charge in [0.25, 0.3) is 5.91 Å². The highest BCUT2D eigenvalue weighted by Gasteiger charge is 2.17. The van der Waals surface area contributed by atoms with Crippen molar-refractivity contribution in [3.8, 4) is 0 Å². The summed E-state index contributed by atoms with van der Waals surface area (Å²) < 4.78 is 52.2. The second-order valence-electron chi connectivity index (χ2n) is 3.80. The van der Waals surface area contributed by atoms with Crippen LogP contribution in [-0.2, 0) is 0 Å². The second-order valence-corrected chi connectivity index (χ2v) is 4.66. The minimum atomic E-state index is -1.68. The number of carbonyl (C=O) groups excluding carboxylic acids is 1. The lowest BCUT2D eigenvalue weighted by molar-refractivity contribution is 0.102. The number of amides is 1. The van der Waals surface area contributed by atoms with Gasteiger partial charge in [-0.15, -0.1) is 0 Å². The van der Waals surface area contributed by atoms with Gasteiger partial charge in [0.2, 0.25) is 0 Å². The maximum Gasteiger partial charge on any atom is 0.256 e. The second kappa shape index (κ2) is 5.62. The molecule has 0 heterocycles. The number of rotatable bonds is 2. The van der Waals surface area contributed by atoms with E-state index in [1.807, 2.05) is 0 Å². The van der Waals surface area contributed by atoms with Crippen molar-refractivity contribution in [2.45, 2.75) is 0 Å². The average Bonchev–Trinajstić information content (AvgIpc) is 2.39. The summed E-state index contributed by atoms with van der Waals surface area (Å²) in [5, 5.41) is 2.08. The zero-order valence-electron chi connectivity index (χ0n) is 9.68. The quantitative estimate of drug-likeness (QED) is 0.638. The molecule has 0 aliphatic heterocycles. The number of carbonyl (C=O) groups is 1. The molecule has 2 aromatic rings. The zero-order valence-corrected chi connectivity index (χ0v) is 11.3. The van der Waals surface area contributed by atoms with Gasteiger partial charge >= 0.3 is 0 Å². The first-order valence-electron chi connectivity index (χ1n) is 5.30. The maximum atomic E-state index is 13.4. The molecular formula is C13H6BrF4NO. The fourth-order valence-corrected chi connectivity index (χ4v) is 2.02. The number of nitrogens with one attached hydrogen (secondary N) is 1. The third kappa shape index (κ3) is 2.82. The lowest BCUT2D eigenvalue weighted by Gasteiger charge is -2.08. The number of hydrogen-bond acceptors (Lipinski definition) is 1. The molecule has 104 valence electrons. The van der Waals surface area contributed by atoms with Crippen LogP contribution in [0.3, 0.4) is 0 Å². The summed E-state index contributed by atoms with van der Waals surface area (Å²) in [6.45, 7) is 0. The Kier molecular flexibility index (Phi) is 4.08. The van der Waals surface area contributed by atoms with Gasteiger partial charge in [-0.25, -0.2) is 17.6 Å². The minimum absolute atomic E-state index is 0.0236. The molecule has 2 aromatic carbocycles. The molecule has 0 fully saturated rings. The van der Waals surface area contributed by atoms with E-state index in [1.165, 1.54) is 6.07 Å². The van der Waals surface area contributed by atoms with Gasteiger partial charge in [-0.2, -0.15) is 0 Å². The molecule has 0 aromatic heterocycles. The molecule has 1 amide bonds. The Bertz CT molecular complexity index is 690. The molecule has 0 radical (unpaired) electrons. The number of anilines is 1. The summed E-state index contributed by atoms with van der Waals surface area (Å²) >= 11 is 2.98. The van der Waals surface area contributed by atoms with Crippen LogP contribution in [0.5, 0.6) is 0 Å². The largest absolute Gasteiger partial charge is 0.319 e. The van der Waals surface area contributed by atoms with Gasteiger partial charge in [0.1, 0.15) is 5.82 Å². The van der Waals surface area contributed by atoms with E-state index in [-0.39, 0.29) is 10.0 Å². The van der Waals surface area contributed by atoms with Crippen LogP contribution in [0.4, 0.5) is 23.2 Å². The van der Waals surface area contributed by atoms with Crippen LogP contribution < -0.4 is 5.32 Å². The van der Waals surface area contributed by atoms with E-state index >= 15 is 0 Å². The molecule has 0 saturated heterocycles. The number of halogens is 5. The Morgan fingerprint density at radius 2 is 1.70 bits per heavy atom. The molecule has 20 heavy (non-hydrogen) atoms. The molecule has 0 unspecified atom stereocenters. The van der Waals surface area contributed by atoms with Gasteiger partial charge in [-0.05, 0) is 46.3 Å². The van der Waals surface area contributed by atoms with Crippen molar-refractivity contribution in [2.75, 3.05) is 5.32 Å². The van der Waals surface area contributed by atoms with Gasteiger partial charge in [0, 0.05) is 4.47 Å². The molecule has 0 atom stereocenters. The van der Waals surface area contributed by atoms with Crippen molar-refractivity contribution in [1.29, 1.82) is 0 Å². The van der Waals surface area contributed by atoms with Gasteiger partial charge < -0.3 is 5.32 Å². The summed E-state index contributed by atoms with van der Waals surface area (Å²) in [5.41, 5.74) is -0.486. The van der Waals surface area contributed by atoms with Crippen LogP contribution in [0.15, 0.2) is 34.8 Å². The first kappa shape index (κ1) is 14.5. The van der Waals surface area contributed by atoms with E-state index in [2.05, 4.69) is 21.2 Å². The zero-order chi connectivity index (χ0) is 14.9. The summed E-state index contributed by atoms with van der Waals surface area (Å²) in [7, 11) is 0. The summed E-state index contributed by atoms with van der Waals surface area (Å²) in [4.78, 5) is 11.8. The van der Waals surface area contributed by atoms with Crippen LogP contribution >= 0.6 is 15.9 Å². The summed E-state index contributed by atoms with van der Waals surface area (Å²) in [6, 6.07) is 4.85. The first-order valence-corrected chi connectivity index (χ1v) is 6.09. The van der Waals surface area contributed by atoms with Crippen LogP contribution in [0.2, 0.25) is 0 Å². The first-order chi connectivity index (χ1) is 9.40. The molecule has 7 heteroatoms. The highest BCUT2D eigenvalue weighted by atomic mass is 79.9. The van der Waals surface area contributed by atoms with E-state index in [9.17, 15) is 22.4 Å². The van der Waals surface area contributed by atoms with Crippen molar-refractivity contribution in [2.24, 2.45) is 0 Å². The van der Waals surface area contributed by atoms with E-state index in [1.54, 1.807) is 0 Å². The van der Waals surface area contributed by atoms with Crippen molar-refractivity contribution in [3.05, 3.63) is 63.6 Å². The summed E-state index contributed by atoms with van der Waals surface area (Å²) in [6.07, 6.45) is 0. The Labute approximate surface area is 119 Å². The van der Waals surface area contributed by atoms with Crippen molar-refractivity contribution < 1.29 is 22.4 Å². The lowest BCUT2D eigenvalue weighted by Crippen LogP contribution is -2.14. The van der Waals surface area contributed by atoms with Crippen LogP contribution in [0, 0.1) is 23.3 Å². The van der Waals surface area contributed by atoms with Gasteiger partial charge in [0.05, 0.1) is 11.3 Å². The minimum Gasteiger partial charge on any atom is -0.319 e. The standard InChI is InChI=1S/C13H6BrF4NO/c14-8-5-6(15)1-2-7(8)13(20)19-10-4-3-9(16)11(17)12(10)18/h1-5H,(H,19,20). The molecule has 0 saturated carbocycles. The Hall–Kier alpha value is -1.89. The van der Waals surface area contributed by atoms with Crippen molar-refractivity contribution in [1.82, 2.24) is 0 Å². The molecular weight excluding hydrogens is 342 g/mol. The predicted molar refractivity (Wildman–Crippen MR) is 68.4 cm³/mol. The van der Waals surface area contributed by atoms with Crippen molar-refractivity contribution in [3.63, 3.8) is 0 Å². The summed E-state index contributed by atoms with van der Waals surface area (Å²) in [5.74, 6) is -5.89. The molecule has 1 N–H and O–H groups in total. The fourth-order valence-electron chi connectivity index (χ4n) is 1.49. The fraction of sp³-hybridized carbons (Fsp3) is 0. The Balaban J connectivity index is 2.30. The SMILES string of the molecule is O=C(Nc1ccc(F)c(F)c1F)c1ccc(F)cc1Br. The predicted octanol–water partition coefficient (Wildman–Crippen LogP) is 4.26. The average molecular weight is 348 g/mol. The van der Waals surface area contributed by atoms with E-state index in [0.717, 1.165) is 18.2 Å². The van der Waals surface area contributed by atoms with Crippen LogP contribution in [0.1, 0.15) is 10.4 Å². The van der Waals surface area contributed by atoms with E-state index in [0.29, 0.717) is 6.07 Å². The molecule has 2 rings (SSSR count). The number of benzene rings is 2. The Morgan fingerprint density at radius 1 is 1.00 bits per heavy atom. The van der Waals surface area contributed by atoms with Gasteiger partial charge in [0.15, 0.2) is 17.5 Å². The van der Waals surface area contributed by atoms with E-state index < -0.39 is 34.9 Å². The monoisotopic (exact) mass is 347 g/mol. The van der Waals surface area contributed by atoms with Crippen LogP contribution in [-0.4, -0.2) is 5.91 Å². The Morgan fingerprint density at radius 3 is 2.35 bits per heavy atom. The maximum absolute atomic E-state index is 13.4. The molecule has 0 spiro atoms. The topological polar surface area (TPSA) is 29.1 Å². The third-order valence-electron chi connectivity index (χ3n) is 2.46. The van der Waals surface area contributed by atoms with Gasteiger partial charge in [-0.3, -0.25) is 4.79 Å². The molecule has 0 bridgehead atoms. The molecule has 0 aliphatic rings. The smallest absolute Gasteiger partial charge is 0.256 e. The third-order valence-corrected chi connectivity index (χ3v) is 3.12. The highest BCUT2D eigenvalue weighted by molar-refractivity contribution is 9.10. The van der Waals surface area contributed by atoms with E-state index in [4.69, 9.17) is 0 Å². The highest BCUT2D eigenvalue weighted by Crippen LogP contribution is 2.23. The molecule has 2 nitrogen and oxygen atoms in total. The molecule has 0 aliphatic carbocycles. The van der Waals surface area contributed by atoms with Gasteiger partial charge in [-0.1, -0.05) is 0 Å². The van der Waals surface area contributed by atoms with Crippen molar-refractivity contribution >= 4 is 27.5 Å². The lowest BCUT2D eigenvalue weighted by atomic mass is 10.2. The van der Waals surface area contributed by atoms with Crippen LogP contribution in [0.25, 0.3) is 0 Å². The number of hydrogen-bond donors (Lipinski definition) is 1.